The Bertz CT molecular complexity index is 1880. The third-order valence-corrected chi connectivity index (χ3v) is 6.82. The number of esters is 1. The average Bonchev–Trinajstić information content (AvgIpc) is 3.71. The van der Waals surface area contributed by atoms with Crippen LogP contribution in [0.15, 0.2) is 103 Å². The van der Waals surface area contributed by atoms with Crippen LogP contribution in [0.2, 0.25) is 0 Å². The summed E-state index contributed by atoms with van der Waals surface area (Å²) < 4.78 is 13.3. The number of tetrazole rings is 1. The monoisotopic (exact) mass is 607 g/mol. The number of hydrogen-bond donors (Lipinski definition) is 1. The van der Waals surface area contributed by atoms with Gasteiger partial charge in [-0.3, -0.25) is 4.57 Å². The van der Waals surface area contributed by atoms with E-state index in [2.05, 4.69) is 43.6 Å². The lowest BCUT2D eigenvalue weighted by Gasteiger charge is -2.14. The van der Waals surface area contributed by atoms with E-state index >= 15 is 0 Å². The van der Waals surface area contributed by atoms with Gasteiger partial charge in [-0.2, -0.15) is 10.2 Å². The van der Waals surface area contributed by atoms with Gasteiger partial charge >= 0.3 is 5.97 Å². The second kappa shape index (κ2) is 13.9. The molecule has 0 aliphatic rings. The molecular weight excluding hydrogens is 578 g/mol. The number of carbonyl (C=O) groups is 1. The molecule has 45 heavy (non-hydrogen) atoms. The molecule has 0 amide bonds. The molecule has 2 aromatic heterocycles. The van der Waals surface area contributed by atoms with Crippen LogP contribution < -0.4 is 4.74 Å². The fourth-order valence-corrected chi connectivity index (χ4v) is 4.75. The van der Waals surface area contributed by atoms with Gasteiger partial charge in [0.25, 0.3) is 11.1 Å². The third-order valence-electron chi connectivity index (χ3n) is 6.82. The van der Waals surface area contributed by atoms with Gasteiger partial charge in [-0.1, -0.05) is 79.9 Å². The number of carbonyl (C=O) groups excluding carboxylic acids is 1. The molecule has 0 fully saturated rings. The number of allylic oxidation sites excluding steroid dienone is 2. The van der Waals surface area contributed by atoms with Crippen LogP contribution in [0.4, 0.5) is 0 Å². The molecule has 5 aromatic rings. The fraction of sp³-hybridized carbons (Fsp3) is 0.156. The number of nitrogens with one attached hydrogen (secondary N) is 1. The Morgan fingerprint density at radius 1 is 1.07 bits per heavy atom. The topological polar surface area (TPSA) is 160 Å². The molecule has 0 unspecified atom stereocenters. The summed E-state index contributed by atoms with van der Waals surface area (Å²) in [7, 11) is 0. The van der Waals surface area contributed by atoms with Crippen LogP contribution in [0.25, 0.3) is 33.5 Å². The second-order valence-electron chi connectivity index (χ2n) is 9.67. The summed E-state index contributed by atoms with van der Waals surface area (Å²) in [4.78, 5) is 33.1. The van der Waals surface area contributed by atoms with E-state index in [4.69, 9.17) is 9.47 Å². The first-order valence-corrected chi connectivity index (χ1v) is 13.9. The van der Waals surface area contributed by atoms with E-state index in [1.807, 2.05) is 60.0 Å². The predicted molar refractivity (Wildman–Crippen MR) is 166 cm³/mol. The predicted octanol–water partition coefficient (Wildman–Crippen LogP) is 5.36. The molecular formula is C32H29N7O6. The number of nitrogens with zero attached hydrogens (tertiary/aromatic N) is 6. The summed E-state index contributed by atoms with van der Waals surface area (Å²) in [6.07, 6.45) is 2.96. The molecule has 2 heterocycles. The number of rotatable bonds is 14. The van der Waals surface area contributed by atoms with E-state index in [1.54, 1.807) is 18.2 Å². The number of H-pyrrole nitrogens is 1. The van der Waals surface area contributed by atoms with Crippen molar-refractivity contribution < 1.29 is 24.2 Å². The summed E-state index contributed by atoms with van der Waals surface area (Å²) >= 11 is 0. The number of hydrogen-bond acceptors (Lipinski definition) is 10. The van der Waals surface area contributed by atoms with Crippen molar-refractivity contribution in [3.05, 3.63) is 124 Å². The van der Waals surface area contributed by atoms with Crippen molar-refractivity contribution in [3.63, 3.8) is 0 Å². The number of fused-ring (bicyclic) bond motifs is 1. The van der Waals surface area contributed by atoms with Crippen molar-refractivity contribution in [2.75, 3.05) is 19.8 Å². The lowest BCUT2D eigenvalue weighted by molar-refractivity contribution is -0.755. The maximum atomic E-state index is 13.4. The largest absolute Gasteiger partial charge is 0.465 e. The number of para-hydroxylation sites is 1. The molecule has 5 rings (SSSR count). The highest BCUT2D eigenvalue weighted by atomic mass is 16.9. The van der Waals surface area contributed by atoms with E-state index in [1.165, 1.54) is 12.2 Å². The Balaban J connectivity index is 1.41. The van der Waals surface area contributed by atoms with Gasteiger partial charge in [0.1, 0.15) is 13.2 Å². The highest BCUT2D eigenvalue weighted by molar-refractivity contribution is 6.02. The van der Waals surface area contributed by atoms with E-state index in [0.29, 0.717) is 47.2 Å². The van der Waals surface area contributed by atoms with Gasteiger partial charge in [0.05, 0.1) is 29.7 Å². The lowest BCUT2D eigenvalue weighted by Crippen LogP contribution is -2.13. The average molecular weight is 608 g/mol. The number of aromatic nitrogens is 6. The zero-order chi connectivity index (χ0) is 31.8. The standard InChI is InChI=1S/C32H29N7O6/c1-4-9-24(20-45-39(41)42)21(3)19-44-31(40)27-12-8-13-28-29(27)38(32(33-28)43-5-2)18-22-14-16-23(17-15-22)25-10-6-7-11-26(25)30-34-36-37-35-30/h4,6-17H,1,3,5,18-20H2,2H3,(H,34,35,36,37). The first kappa shape index (κ1) is 30.4. The summed E-state index contributed by atoms with van der Waals surface area (Å²) in [5.41, 5.74) is 5.81. The summed E-state index contributed by atoms with van der Waals surface area (Å²) in [6, 6.07) is 21.3. The Kier molecular flexibility index (Phi) is 9.38. The summed E-state index contributed by atoms with van der Waals surface area (Å²) in [6.45, 7) is 9.52. The van der Waals surface area contributed by atoms with E-state index < -0.39 is 11.1 Å². The number of ether oxygens (including phenoxy) is 2. The van der Waals surface area contributed by atoms with Crippen LogP contribution in [0.5, 0.6) is 6.01 Å². The summed E-state index contributed by atoms with van der Waals surface area (Å²) in [5.74, 6) is -0.116. The number of benzene rings is 3. The van der Waals surface area contributed by atoms with Crippen LogP contribution in [0.1, 0.15) is 22.8 Å². The first-order chi connectivity index (χ1) is 21.9. The van der Waals surface area contributed by atoms with Crippen molar-refractivity contribution >= 4 is 17.0 Å². The summed E-state index contributed by atoms with van der Waals surface area (Å²) in [5, 5.41) is 24.2. The first-order valence-electron chi connectivity index (χ1n) is 13.9. The molecule has 0 atom stereocenters. The molecule has 13 heteroatoms. The SMILES string of the molecule is C=CC=C(CO[N+](=O)[O-])C(=C)COC(=O)c1cccc2nc(OCC)n(Cc3ccc(-c4ccccc4-c4nn[nH]n4)cc3)c12. The Morgan fingerprint density at radius 3 is 2.53 bits per heavy atom. The maximum absolute atomic E-state index is 13.4. The van der Waals surface area contributed by atoms with Gasteiger partial charge in [-0.25, -0.2) is 4.79 Å². The Hall–Kier alpha value is -6.11. The van der Waals surface area contributed by atoms with Gasteiger partial charge in [-0.15, -0.1) is 20.3 Å². The molecule has 3 aromatic carbocycles. The number of aromatic amines is 1. The lowest BCUT2D eigenvalue weighted by atomic mass is 9.98. The minimum absolute atomic E-state index is 0.213. The molecule has 1 N–H and O–H groups in total. The Morgan fingerprint density at radius 2 is 1.84 bits per heavy atom. The zero-order valence-electron chi connectivity index (χ0n) is 24.4. The quantitative estimate of drug-likeness (QED) is 0.0753. The molecule has 0 spiro atoms. The van der Waals surface area contributed by atoms with Crippen molar-refractivity contribution in [3.8, 4) is 28.5 Å². The molecule has 13 nitrogen and oxygen atoms in total. The van der Waals surface area contributed by atoms with Gasteiger partial charge in [0.15, 0.2) is 0 Å². The van der Waals surface area contributed by atoms with Crippen molar-refractivity contribution in [1.82, 2.24) is 30.2 Å². The molecule has 0 bridgehead atoms. The van der Waals surface area contributed by atoms with E-state index in [9.17, 15) is 14.9 Å². The van der Waals surface area contributed by atoms with E-state index in [0.717, 1.165) is 22.3 Å². The number of imidazole rings is 1. The van der Waals surface area contributed by atoms with Crippen molar-refractivity contribution in [2.45, 2.75) is 13.5 Å². The van der Waals surface area contributed by atoms with Crippen molar-refractivity contribution in [2.24, 2.45) is 0 Å². The smallest absolute Gasteiger partial charge is 0.340 e. The highest BCUT2D eigenvalue weighted by Gasteiger charge is 2.21. The zero-order valence-corrected chi connectivity index (χ0v) is 24.4. The van der Waals surface area contributed by atoms with Gasteiger partial charge < -0.3 is 14.3 Å². The van der Waals surface area contributed by atoms with Crippen LogP contribution >= 0.6 is 0 Å². The molecule has 228 valence electrons. The minimum atomic E-state index is -0.906. The highest BCUT2D eigenvalue weighted by Crippen LogP contribution is 2.31. The molecule has 0 saturated heterocycles. The Labute approximate surface area is 257 Å². The van der Waals surface area contributed by atoms with Crippen LogP contribution in [0, 0.1) is 10.1 Å². The second-order valence-corrected chi connectivity index (χ2v) is 9.67. The molecule has 0 saturated carbocycles. The molecule has 0 aliphatic heterocycles. The van der Waals surface area contributed by atoms with Crippen molar-refractivity contribution in [1.29, 1.82) is 0 Å². The van der Waals surface area contributed by atoms with Crippen LogP contribution in [0.3, 0.4) is 0 Å². The van der Waals surface area contributed by atoms with E-state index in [-0.39, 0.29) is 18.8 Å². The van der Waals surface area contributed by atoms with Crippen LogP contribution in [-0.2, 0) is 16.1 Å². The van der Waals surface area contributed by atoms with Gasteiger partial charge in [0, 0.05) is 5.56 Å². The third kappa shape index (κ3) is 6.94. The fourth-order valence-electron chi connectivity index (χ4n) is 4.75. The van der Waals surface area contributed by atoms with Gasteiger partial charge in [-0.05, 0) is 52.1 Å². The minimum Gasteiger partial charge on any atom is -0.465 e. The van der Waals surface area contributed by atoms with Crippen LogP contribution in [-0.4, -0.2) is 61.1 Å². The maximum Gasteiger partial charge on any atom is 0.340 e. The molecule has 0 radical (unpaired) electrons. The van der Waals surface area contributed by atoms with Gasteiger partial charge in [0.2, 0.25) is 5.82 Å². The molecule has 0 aliphatic carbocycles. The normalized spacial score (nSPS) is 11.3.